The van der Waals surface area contributed by atoms with Gasteiger partial charge in [-0.3, -0.25) is 14.2 Å². The topological polar surface area (TPSA) is 95.1 Å². The molecular formula is C21H20N6O2. The average molecular weight is 388 g/mol. The zero-order chi connectivity index (χ0) is 20.2. The van der Waals surface area contributed by atoms with Crippen molar-refractivity contribution in [1.82, 2.24) is 19.4 Å². The van der Waals surface area contributed by atoms with E-state index in [1.165, 1.54) is 10.9 Å². The summed E-state index contributed by atoms with van der Waals surface area (Å²) in [5, 5.41) is 9.80. The van der Waals surface area contributed by atoms with Gasteiger partial charge < -0.3 is 9.80 Å². The molecule has 0 bridgehead atoms. The number of para-hydroxylation sites is 1. The zero-order valence-electron chi connectivity index (χ0n) is 15.9. The van der Waals surface area contributed by atoms with Crippen LogP contribution in [0.4, 0.5) is 5.82 Å². The highest BCUT2D eigenvalue weighted by Gasteiger charge is 2.23. The van der Waals surface area contributed by atoms with E-state index in [-0.39, 0.29) is 17.9 Å². The Bertz CT molecular complexity index is 1140. The molecule has 0 aliphatic carbocycles. The van der Waals surface area contributed by atoms with Crippen LogP contribution >= 0.6 is 0 Å². The van der Waals surface area contributed by atoms with E-state index in [0.29, 0.717) is 55.0 Å². The van der Waals surface area contributed by atoms with E-state index in [4.69, 9.17) is 0 Å². The van der Waals surface area contributed by atoms with Crippen LogP contribution < -0.4 is 10.5 Å². The number of nitrogens with zero attached hydrogens (tertiary/aromatic N) is 6. The number of carbonyl (C=O) groups is 1. The van der Waals surface area contributed by atoms with E-state index in [1.807, 2.05) is 11.0 Å². The summed E-state index contributed by atoms with van der Waals surface area (Å²) in [7, 11) is 0. The lowest BCUT2D eigenvalue weighted by Crippen LogP contribution is -2.49. The van der Waals surface area contributed by atoms with Crippen molar-refractivity contribution in [3.8, 4) is 6.07 Å². The van der Waals surface area contributed by atoms with Gasteiger partial charge in [0.25, 0.3) is 5.56 Å². The molecule has 0 radical (unpaired) electrons. The second-order valence-corrected chi connectivity index (χ2v) is 6.86. The van der Waals surface area contributed by atoms with Gasteiger partial charge in [-0.05, 0) is 24.3 Å². The van der Waals surface area contributed by atoms with Gasteiger partial charge in [0.2, 0.25) is 5.91 Å². The number of fused-ring (bicyclic) bond motifs is 1. The number of anilines is 1. The lowest BCUT2D eigenvalue weighted by Gasteiger charge is -2.35. The quantitative estimate of drug-likeness (QED) is 0.671. The largest absolute Gasteiger partial charge is 0.352 e. The molecule has 146 valence electrons. The molecule has 1 saturated heterocycles. The standard InChI is InChI=1S/C21H20N6O2/c22-14-16-4-3-8-23-20(16)26-12-10-25(11-13-26)19(28)7-9-27-15-24-18-6-2-1-5-17(18)21(27)29/h1-6,8,15H,7,9-13H2. The molecule has 0 atom stereocenters. The monoisotopic (exact) mass is 388 g/mol. The van der Waals surface area contributed by atoms with Crippen LogP contribution in [0.5, 0.6) is 0 Å². The SMILES string of the molecule is N#Cc1cccnc1N1CCN(C(=O)CCn2cnc3ccccc3c2=O)CC1. The van der Waals surface area contributed by atoms with Gasteiger partial charge >= 0.3 is 0 Å². The molecule has 1 aromatic carbocycles. The Labute approximate surface area is 167 Å². The Morgan fingerprint density at radius 2 is 1.86 bits per heavy atom. The molecule has 1 fully saturated rings. The number of piperazine rings is 1. The van der Waals surface area contributed by atoms with E-state index in [1.54, 1.807) is 41.4 Å². The minimum absolute atomic E-state index is 0.00577. The number of pyridine rings is 1. The van der Waals surface area contributed by atoms with Crippen molar-refractivity contribution in [2.45, 2.75) is 13.0 Å². The predicted octanol–water partition coefficient (Wildman–Crippen LogP) is 1.40. The third kappa shape index (κ3) is 3.80. The summed E-state index contributed by atoms with van der Waals surface area (Å²) in [5.41, 5.74) is 1.06. The smallest absolute Gasteiger partial charge is 0.261 e. The van der Waals surface area contributed by atoms with Crippen molar-refractivity contribution in [2.24, 2.45) is 0 Å². The number of amides is 1. The van der Waals surface area contributed by atoms with Gasteiger partial charge in [0.05, 0.1) is 22.8 Å². The summed E-state index contributed by atoms with van der Waals surface area (Å²) in [5.74, 6) is 0.669. The maximum atomic E-state index is 12.6. The molecule has 1 aliphatic rings. The number of aryl methyl sites for hydroxylation is 1. The van der Waals surface area contributed by atoms with Crippen LogP contribution in [0.3, 0.4) is 0 Å². The highest BCUT2D eigenvalue weighted by atomic mass is 16.2. The van der Waals surface area contributed by atoms with Crippen molar-refractivity contribution in [3.63, 3.8) is 0 Å². The third-order valence-electron chi connectivity index (χ3n) is 5.14. The van der Waals surface area contributed by atoms with Gasteiger partial charge in [-0.2, -0.15) is 5.26 Å². The van der Waals surface area contributed by atoms with Crippen molar-refractivity contribution in [2.75, 3.05) is 31.1 Å². The molecule has 0 saturated carbocycles. The number of hydrogen-bond donors (Lipinski definition) is 0. The average Bonchev–Trinajstić information content (AvgIpc) is 2.78. The molecule has 8 nitrogen and oxygen atoms in total. The molecular weight excluding hydrogens is 368 g/mol. The van der Waals surface area contributed by atoms with Gasteiger partial charge in [-0.15, -0.1) is 0 Å². The normalized spacial score (nSPS) is 14.0. The molecule has 29 heavy (non-hydrogen) atoms. The second-order valence-electron chi connectivity index (χ2n) is 6.86. The first-order valence-corrected chi connectivity index (χ1v) is 9.49. The van der Waals surface area contributed by atoms with Gasteiger partial charge in [-0.1, -0.05) is 12.1 Å². The van der Waals surface area contributed by atoms with E-state index in [9.17, 15) is 14.9 Å². The number of benzene rings is 1. The van der Waals surface area contributed by atoms with Crippen molar-refractivity contribution in [3.05, 3.63) is 64.8 Å². The first-order valence-electron chi connectivity index (χ1n) is 9.49. The van der Waals surface area contributed by atoms with Gasteiger partial charge in [-0.25, -0.2) is 9.97 Å². The van der Waals surface area contributed by atoms with Crippen molar-refractivity contribution >= 4 is 22.6 Å². The summed E-state index contributed by atoms with van der Waals surface area (Å²) in [6.45, 7) is 2.66. The highest BCUT2D eigenvalue weighted by Crippen LogP contribution is 2.18. The summed E-state index contributed by atoms with van der Waals surface area (Å²) in [4.78, 5) is 37.6. The fourth-order valence-corrected chi connectivity index (χ4v) is 3.54. The minimum Gasteiger partial charge on any atom is -0.352 e. The predicted molar refractivity (Wildman–Crippen MR) is 108 cm³/mol. The summed E-state index contributed by atoms with van der Waals surface area (Å²) in [6, 6.07) is 12.8. The fourth-order valence-electron chi connectivity index (χ4n) is 3.54. The third-order valence-corrected chi connectivity index (χ3v) is 5.14. The maximum Gasteiger partial charge on any atom is 0.261 e. The lowest BCUT2D eigenvalue weighted by molar-refractivity contribution is -0.131. The Kier molecular flexibility index (Phi) is 5.20. The summed E-state index contributed by atoms with van der Waals surface area (Å²) >= 11 is 0. The van der Waals surface area contributed by atoms with E-state index in [2.05, 4.69) is 16.0 Å². The molecule has 0 N–H and O–H groups in total. The minimum atomic E-state index is -0.132. The lowest BCUT2D eigenvalue weighted by atomic mass is 10.2. The van der Waals surface area contributed by atoms with E-state index < -0.39 is 0 Å². The van der Waals surface area contributed by atoms with Crippen molar-refractivity contribution in [1.29, 1.82) is 5.26 Å². The Hall–Kier alpha value is -3.73. The van der Waals surface area contributed by atoms with Crippen LogP contribution in [0.15, 0.2) is 53.7 Å². The van der Waals surface area contributed by atoms with Gasteiger partial charge in [0, 0.05) is 45.3 Å². The first kappa shape index (κ1) is 18.6. The number of nitriles is 1. The number of rotatable bonds is 4. The molecule has 3 aromatic rings. The zero-order valence-corrected chi connectivity index (χ0v) is 15.9. The number of aromatic nitrogens is 3. The first-order chi connectivity index (χ1) is 14.2. The summed E-state index contributed by atoms with van der Waals surface area (Å²) in [6.07, 6.45) is 3.41. The molecule has 3 heterocycles. The Morgan fingerprint density at radius 1 is 1.07 bits per heavy atom. The van der Waals surface area contributed by atoms with Gasteiger partial charge in [0.15, 0.2) is 0 Å². The molecule has 1 amide bonds. The fraction of sp³-hybridized carbons (Fsp3) is 0.286. The van der Waals surface area contributed by atoms with Crippen LogP contribution in [0.2, 0.25) is 0 Å². The van der Waals surface area contributed by atoms with Crippen LogP contribution in [-0.2, 0) is 11.3 Å². The molecule has 4 rings (SSSR count). The van der Waals surface area contributed by atoms with Crippen molar-refractivity contribution < 1.29 is 4.79 Å². The highest BCUT2D eigenvalue weighted by molar-refractivity contribution is 5.78. The molecule has 8 heteroatoms. The number of carbonyl (C=O) groups excluding carboxylic acids is 1. The van der Waals surface area contributed by atoms with Crippen LogP contribution in [0, 0.1) is 11.3 Å². The Morgan fingerprint density at radius 3 is 2.66 bits per heavy atom. The summed E-state index contributed by atoms with van der Waals surface area (Å²) < 4.78 is 1.49. The van der Waals surface area contributed by atoms with E-state index in [0.717, 1.165) is 0 Å². The maximum absolute atomic E-state index is 12.6. The van der Waals surface area contributed by atoms with Crippen LogP contribution in [0.25, 0.3) is 10.9 Å². The molecule has 2 aromatic heterocycles. The Balaban J connectivity index is 1.37. The molecule has 0 unspecified atom stereocenters. The second kappa shape index (κ2) is 8.10. The van der Waals surface area contributed by atoms with Crippen LogP contribution in [0.1, 0.15) is 12.0 Å². The molecule has 1 aliphatic heterocycles. The van der Waals surface area contributed by atoms with E-state index >= 15 is 0 Å². The molecule has 0 spiro atoms. The number of hydrogen-bond acceptors (Lipinski definition) is 6. The van der Waals surface area contributed by atoms with Crippen LogP contribution in [-0.4, -0.2) is 51.5 Å². The van der Waals surface area contributed by atoms with Gasteiger partial charge in [0.1, 0.15) is 11.9 Å².